The number of hydrogen-bond acceptors (Lipinski definition) is 5. The third-order valence-corrected chi connectivity index (χ3v) is 12.7. The molecule has 0 spiro atoms. The van der Waals surface area contributed by atoms with Crippen molar-refractivity contribution in [2.45, 2.75) is 27.7 Å². The van der Waals surface area contributed by atoms with Gasteiger partial charge in [-0.3, -0.25) is 0 Å². The molecule has 0 aliphatic rings. The van der Waals surface area contributed by atoms with Gasteiger partial charge in [-0.1, -0.05) is 130 Å². The smallest absolute Gasteiger partial charge is 0.247 e. The highest BCUT2D eigenvalue weighted by molar-refractivity contribution is 7.27. The average molecular weight is 802 g/mol. The van der Waals surface area contributed by atoms with Gasteiger partial charge in [0, 0.05) is 59.7 Å². The average Bonchev–Trinajstić information content (AvgIpc) is 4.06. The largest absolute Gasteiger partial charge is 0.456 e. The van der Waals surface area contributed by atoms with Crippen LogP contribution in [-0.4, -0.2) is 14.5 Å². The Morgan fingerprint density at radius 3 is 2.00 bits per heavy atom. The van der Waals surface area contributed by atoms with Crippen molar-refractivity contribution < 1.29 is 8.83 Å². The van der Waals surface area contributed by atoms with Crippen LogP contribution in [0.1, 0.15) is 27.7 Å². The summed E-state index contributed by atoms with van der Waals surface area (Å²) in [5, 5.41) is 13.5. The predicted octanol–water partition coefficient (Wildman–Crippen LogP) is 16.4. The van der Waals surface area contributed by atoms with Gasteiger partial charge < -0.3 is 13.4 Å². The number of furan rings is 2. The van der Waals surface area contributed by atoms with Crippen LogP contribution in [0, 0.1) is 0 Å². The topological polar surface area (TPSA) is 57.0 Å². The molecule has 0 amide bonds. The van der Waals surface area contributed by atoms with E-state index in [9.17, 15) is 0 Å². The van der Waals surface area contributed by atoms with E-state index in [0.717, 1.165) is 49.7 Å². The number of fused-ring (bicyclic) bond motifs is 18. The lowest BCUT2D eigenvalue weighted by Gasteiger charge is -2.10. The Morgan fingerprint density at radius 1 is 0.525 bits per heavy atom. The van der Waals surface area contributed by atoms with E-state index >= 15 is 0 Å². The summed E-state index contributed by atoms with van der Waals surface area (Å²) in [6.07, 6.45) is 0. The van der Waals surface area contributed by atoms with Gasteiger partial charge in [0.15, 0.2) is 5.15 Å². The first-order valence-electron chi connectivity index (χ1n) is 20.2. The highest BCUT2D eigenvalue weighted by Gasteiger charge is 2.23. The zero-order valence-electron chi connectivity index (χ0n) is 32.8. The van der Waals surface area contributed by atoms with E-state index in [1.54, 1.807) is 0 Å². The van der Waals surface area contributed by atoms with Crippen molar-refractivity contribution in [2.75, 3.05) is 0 Å². The second kappa shape index (κ2) is 13.7. The quantitative estimate of drug-likeness (QED) is 0.175. The number of nitrogens with zero attached hydrogens (tertiary/aromatic N) is 3. The van der Waals surface area contributed by atoms with Crippen molar-refractivity contribution in [3.8, 4) is 16.9 Å². The number of thiophene rings is 1. The minimum atomic E-state index is 0.281. The molecule has 5 heterocycles. The van der Waals surface area contributed by atoms with Crippen LogP contribution in [0.15, 0.2) is 154 Å². The summed E-state index contributed by atoms with van der Waals surface area (Å²) >= 11 is 8.62. The van der Waals surface area contributed by atoms with E-state index < -0.39 is 0 Å². The van der Waals surface area contributed by atoms with E-state index in [2.05, 4.69) is 119 Å². The van der Waals surface area contributed by atoms with E-state index in [-0.39, 0.29) is 5.15 Å². The van der Waals surface area contributed by atoms with E-state index in [4.69, 9.17) is 25.4 Å². The second-order valence-electron chi connectivity index (χ2n) is 14.2. The molecule has 0 fully saturated rings. The molecule has 5 aromatic heterocycles. The van der Waals surface area contributed by atoms with Crippen LogP contribution in [0.3, 0.4) is 0 Å². The molecule has 0 N–H and O–H groups in total. The fraction of sp³-hybridized carbons (Fsp3) is 0.0769. The molecule has 59 heavy (non-hydrogen) atoms. The van der Waals surface area contributed by atoms with Gasteiger partial charge in [-0.2, -0.15) is 4.98 Å². The maximum Gasteiger partial charge on any atom is 0.247 e. The number of hydrogen-bond donors (Lipinski definition) is 0. The minimum Gasteiger partial charge on any atom is -0.456 e. The van der Waals surface area contributed by atoms with Crippen LogP contribution in [0.25, 0.3) is 125 Å². The third-order valence-electron chi connectivity index (χ3n) is 11.3. The highest BCUT2D eigenvalue weighted by atomic mass is 35.5. The van der Waals surface area contributed by atoms with Crippen LogP contribution >= 0.6 is 22.9 Å². The number of benzene rings is 8. The Labute approximate surface area is 347 Å². The van der Waals surface area contributed by atoms with Crippen LogP contribution in [0.4, 0.5) is 0 Å². The monoisotopic (exact) mass is 801 g/mol. The van der Waals surface area contributed by atoms with Crippen molar-refractivity contribution in [3.05, 3.63) is 151 Å². The van der Waals surface area contributed by atoms with Crippen molar-refractivity contribution in [2.24, 2.45) is 0 Å². The fourth-order valence-corrected chi connectivity index (χ4v) is 10.4. The molecular formula is C52H36ClN3O2S. The molecule has 284 valence electrons. The van der Waals surface area contributed by atoms with Crippen LogP contribution in [0.5, 0.6) is 0 Å². The molecule has 0 radical (unpaired) electrons. The van der Waals surface area contributed by atoms with Gasteiger partial charge in [-0.05, 0) is 70.1 Å². The number of aromatic nitrogens is 3. The Morgan fingerprint density at radius 2 is 1.19 bits per heavy atom. The first-order chi connectivity index (χ1) is 29.2. The van der Waals surface area contributed by atoms with Gasteiger partial charge in [-0.25, -0.2) is 4.98 Å². The molecule has 13 aromatic rings. The summed E-state index contributed by atoms with van der Waals surface area (Å²) in [6, 6.07) is 51.5. The maximum atomic E-state index is 6.73. The molecule has 0 bridgehead atoms. The molecule has 13 rings (SSSR count). The number of rotatable bonds is 2. The SMILES string of the molecule is CC.CC.Clc1nc2oc3ccccc3c2nc1-c1ccc2c(c1)oc1cc(-n3c4ccccc4c4c5ccccc5c5c(sc6ccc7ccccc7c65)c43)ccc12. The molecule has 0 saturated carbocycles. The zero-order chi connectivity index (χ0) is 39.9. The molecule has 5 nitrogen and oxygen atoms in total. The Balaban J connectivity index is 0.000000965. The van der Waals surface area contributed by atoms with E-state index in [1.165, 1.54) is 58.0 Å². The zero-order valence-corrected chi connectivity index (χ0v) is 34.4. The molecule has 0 aliphatic carbocycles. The Bertz CT molecular complexity index is 3810. The molecule has 7 heteroatoms. The molecule has 0 saturated heterocycles. The molecule has 8 aromatic carbocycles. The van der Waals surface area contributed by atoms with Crippen molar-refractivity contribution in [1.82, 2.24) is 14.5 Å². The molecule has 0 unspecified atom stereocenters. The lowest BCUT2D eigenvalue weighted by Crippen LogP contribution is -1.94. The standard InChI is InChI=1S/C48H24ClN3O2S.2C2H6/c49-47-43(50-44-34-14-6-8-16-36(34)54-48(44)51-47)26-17-20-29-30-21-19-27(24-38(30)53-37(29)23-26)52-35-15-7-5-13-33(35)40-31-11-3-4-12-32(31)42-41-28-10-2-1-9-25(28)18-22-39(41)55-46(42)45(40)52;2*1-2/h1-24H;2*1-2H3. The van der Waals surface area contributed by atoms with Crippen molar-refractivity contribution in [3.63, 3.8) is 0 Å². The summed E-state index contributed by atoms with van der Waals surface area (Å²) in [5.74, 6) is 0. The fourth-order valence-electron chi connectivity index (χ4n) is 8.95. The summed E-state index contributed by atoms with van der Waals surface area (Å²) in [5.41, 5.74) is 8.23. The normalized spacial score (nSPS) is 11.8. The van der Waals surface area contributed by atoms with E-state index in [0.29, 0.717) is 16.9 Å². The first kappa shape index (κ1) is 35.4. The Kier molecular flexibility index (Phi) is 8.22. The van der Waals surface area contributed by atoms with Crippen LogP contribution < -0.4 is 0 Å². The van der Waals surface area contributed by atoms with Crippen molar-refractivity contribution >= 4 is 131 Å². The summed E-state index contributed by atoms with van der Waals surface area (Å²) in [4.78, 5) is 9.52. The minimum absolute atomic E-state index is 0.281. The van der Waals surface area contributed by atoms with Gasteiger partial charge in [0.2, 0.25) is 5.71 Å². The van der Waals surface area contributed by atoms with E-state index in [1.807, 2.05) is 75.4 Å². The lowest BCUT2D eigenvalue weighted by molar-refractivity contribution is 0.653. The van der Waals surface area contributed by atoms with Crippen LogP contribution in [-0.2, 0) is 0 Å². The van der Waals surface area contributed by atoms with Crippen LogP contribution in [0.2, 0.25) is 5.15 Å². The second-order valence-corrected chi connectivity index (χ2v) is 15.6. The third kappa shape index (κ3) is 5.10. The molecule has 0 atom stereocenters. The Hall–Kier alpha value is -6.73. The number of para-hydroxylation sites is 2. The highest BCUT2D eigenvalue weighted by Crippen LogP contribution is 2.49. The van der Waals surface area contributed by atoms with Gasteiger partial charge in [0.05, 0.1) is 15.7 Å². The van der Waals surface area contributed by atoms with Gasteiger partial charge in [-0.15, -0.1) is 11.3 Å². The molecular weight excluding hydrogens is 766 g/mol. The lowest BCUT2D eigenvalue weighted by atomic mass is 9.96. The van der Waals surface area contributed by atoms with Crippen molar-refractivity contribution in [1.29, 1.82) is 0 Å². The molecule has 0 aliphatic heterocycles. The summed E-state index contributed by atoms with van der Waals surface area (Å²) in [7, 11) is 0. The summed E-state index contributed by atoms with van der Waals surface area (Å²) in [6.45, 7) is 8.00. The van der Waals surface area contributed by atoms with Gasteiger partial charge >= 0.3 is 0 Å². The maximum absolute atomic E-state index is 6.73. The predicted molar refractivity (Wildman–Crippen MR) is 252 cm³/mol. The van der Waals surface area contributed by atoms with Gasteiger partial charge in [0.25, 0.3) is 0 Å². The van der Waals surface area contributed by atoms with Gasteiger partial charge in [0.1, 0.15) is 28.0 Å². The number of halogens is 1. The summed E-state index contributed by atoms with van der Waals surface area (Å²) < 4.78 is 17.6. The first-order valence-corrected chi connectivity index (χ1v) is 21.4.